The van der Waals surface area contributed by atoms with Crippen molar-refractivity contribution in [2.45, 2.75) is 92.4 Å². The van der Waals surface area contributed by atoms with Crippen molar-refractivity contribution >= 4 is 5.97 Å². The Labute approximate surface area is 145 Å². The summed E-state index contributed by atoms with van der Waals surface area (Å²) in [4.78, 5) is 11.2. The zero-order valence-corrected chi connectivity index (χ0v) is 16.5. The Bertz CT molecular complexity index is 331. The minimum absolute atomic E-state index is 0.141. The normalized spacial score (nSPS) is 14.8. The van der Waals surface area contributed by atoms with Crippen LogP contribution in [0.15, 0.2) is 11.6 Å². The first-order chi connectivity index (χ1) is 10.8. The van der Waals surface area contributed by atoms with Gasteiger partial charge in [0.2, 0.25) is 0 Å². The van der Waals surface area contributed by atoms with Crippen LogP contribution in [0.3, 0.4) is 0 Å². The molecule has 0 aliphatic carbocycles. The van der Waals surface area contributed by atoms with Crippen LogP contribution in [0.1, 0.15) is 92.4 Å². The maximum atomic E-state index is 11.2. The molecule has 23 heavy (non-hydrogen) atoms. The number of esters is 1. The van der Waals surface area contributed by atoms with Gasteiger partial charge in [0, 0.05) is 0 Å². The minimum atomic E-state index is -0.141. The monoisotopic (exact) mass is 324 g/mol. The summed E-state index contributed by atoms with van der Waals surface area (Å²) in [5, 5.41) is 0. The lowest BCUT2D eigenvalue weighted by Crippen LogP contribution is -2.01. The number of rotatable bonds is 13. The van der Waals surface area contributed by atoms with Crippen molar-refractivity contribution in [2.75, 3.05) is 7.11 Å². The molecule has 2 nitrogen and oxygen atoms in total. The average Bonchev–Trinajstić information content (AvgIpc) is 2.46. The van der Waals surface area contributed by atoms with Gasteiger partial charge >= 0.3 is 5.97 Å². The summed E-state index contributed by atoms with van der Waals surface area (Å²) in [5.74, 6) is 2.36. The van der Waals surface area contributed by atoms with Crippen LogP contribution in [0.25, 0.3) is 0 Å². The maximum absolute atomic E-state index is 11.2. The molecule has 0 unspecified atom stereocenters. The van der Waals surface area contributed by atoms with Gasteiger partial charge in [-0.1, -0.05) is 77.9 Å². The van der Waals surface area contributed by atoms with Gasteiger partial charge in [-0.25, -0.2) is 0 Å². The van der Waals surface area contributed by atoms with E-state index in [4.69, 9.17) is 0 Å². The van der Waals surface area contributed by atoms with Crippen molar-refractivity contribution in [3.63, 3.8) is 0 Å². The van der Waals surface area contributed by atoms with E-state index in [0.29, 0.717) is 6.42 Å². The topological polar surface area (TPSA) is 26.3 Å². The highest BCUT2D eigenvalue weighted by molar-refractivity contribution is 5.71. The van der Waals surface area contributed by atoms with E-state index in [1.807, 2.05) is 6.92 Å². The number of ether oxygens (including phenoxy) is 1. The average molecular weight is 325 g/mol. The molecule has 136 valence electrons. The molecule has 0 heterocycles. The molecule has 2 atom stereocenters. The van der Waals surface area contributed by atoms with E-state index in [9.17, 15) is 4.79 Å². The Morgan fingerprint density at radius 2 is 1.43 bits per heavy atom. The highest BCUT2D eigenvalue weighted by Crippen LogP contribution is 2.21. The SMILES string of the molecule is COC(=O)C/C(C)=C/CC[C@H](C)CCC[C@H](C)CCCC(C)C. The van der Waals surface area contributed by atoms with Crippen LogP contribution in [-0.4, -0.2) is 13.1 Å². The highest BCUT2D eigenvalue weighted by atomic mass is 16.5. The highest BCUT2D eigenvalue weighted by Gasteiger charge is 2.06. The zero-order chi connectivity index (χ0) is 17.7. The predicted octanol–water partition coefficient (Wildman–Crippen LogP) is 6.54. The molecule has 0 aliphatic rings. The predicted molar refractivity (Wildman–Crippen MR) is 100 cm³/mol. The molecule has 0 saturated heterocycles. The second-order valence-electron chi connectivity index (χ2n) is 7.85. The minimum Gasteiger partial charge on any atom is -0.469 e. The van der Waals surface area contributed by atoms with E-state index < -0.39 is 0 Å². The van der Waals surface area contributed by atoms with Crippen LogP contribution in [0.4, 0.5) is 0 Å². The molecular formula is C21H40O2. The quantitative estimate of drug-likeness (QED) is 0.284. The number of carbonyl (C=O) groups excluding carboxylic acids is 1. The van der Waals surface area contributed by atoms with E-state index in [1.54, 1.807) is 0 Å². The summed E-state index contributed by atoms with van der Waals surface area (Å²) in [6.07, 6.45) is 13.1. The van der Waals surface area contributed by atoms with Gasteiger partial charge in [-0.2, -0.15) is 0 Å². The third kappa shape index (κ3) is 14.5. The molecule has 2 heteroatoms. The summed E-state index contributed by atoms with van der Waals surface area (Å²) >= 11 is 0. The second-order valence-corrected chi connectivity index (χ2v) is 7.85. The Balaban J connectivity index is 3.68. The van der Waals surface area contributed by atoms with Gasteiger partial charge in [0.1, 0.15) is 0 Å². The lowest BCUT2D eigenvalue weighted by atomic mass is 9.92. The van der Waals surface area contributed by atoms with Crippen LogP contribution in [-0.2, 0) is 9.53 Å². The summed E-state index contributed by atoms with van der Waals surface area (Å²) in [7, 11) is 1.45. The first-order valence-corrected chi connectivity index (χ1v) is 9.57. The first-order valence-electron chi connectivity index (χ1n) is 9.57. The van der Waals surface area contributed by atoms with Gasteiger partial charge in [0.05, 0.1) is 13.5 Å². The van der Waals surface area contributed by atoms with Crippen molar-refractivity contribution in [1.82, 2.24) is 0 Å². The van der Waals surface area contributed by atoms with Crippen molar-refractivity contribution < 1.29 is 9.53 Å². The number of hydrogen-bond acceptors (Lipinski definition) is 2. The zero-order valence-electron chi connectivity index (χ0n) is 16.5. The molecule has 0 amide bonds. The molecule has 0 aromatic heterocycles. The fourth-order valence-electron chi connectivity index (χ4n) is 2.96. The summed E-state index contributed by atoms with van der Waals surface area (Å²) in [6.45, 7) is 11.4. The second kappa shape index (κ2) is 13.6. The van der Waals surface area contributed by atoms with Gasteiger partial charge in [-0.15, -0.1) is 0 Å². The van der Waals surface area contributed by atoms with Crippen molar-refractivity contribution in [3.8, 4) is 0 Å². The van der Waals surface area contributed by atoms with Crippen molar-refractivity contribution in [3.05, 3.63) is 11.6 Å². The molecule has 0 spiro atoms. The molecule has 0 radical (unpaired) electrons. The van der Waals surface area contributed by atoms with Crippen LogP contribution < -0.4 is 0 Å². The standard InChI is InChI=1S/C21H40O2/c1-17(2)10-7-11-18(3)12-8-13-19(4)14-9-15-20(5)16-21(22)23-6/h15,17-19H,7-14,16H2,1-6H3/b20-15+/t18-,19-/m1/s1. The van der Waals surface area contributed by atoms with Crippen LogP contribution >= 0.6 is 0 Å². The Hall–Kier alpha value is -0.790. The van der Waals surface area contributed by atoms with Gasteiger partial charge < -0.3 is 4.74 Å². The molecule has 0 rings (SSSR count). The van der Waals surface area contributed by atoms with Crippen molar-refractivity contribution in [2.24, 2.45) is 17.8 Å². The summed E-state index contributed by atoms with van der Waals surface area (Å²) < 4.78 is 4.68. The van der Waals surface area contributed by atoms with Gasteiger partial charge in [-0.3, -0.25) is 4.79 Å². The summed E-state index contributed by atoms with van der Waals surface area (Å²) in [6, 6.07) is 0. The molecule has 0 aliphatic heterocycles. The molecule has 0 N–H and O–H groups in total. The molecular weight excluding hydrogens is 284 g/mol. The largest absolute Gasteiger partial charge is 0.469 e. The molecule has 0 aromatic rings. The smallest absolute Gasteiger partial charge is 0.309 e. The van der Waals surface area contributed by atoms with Gasteiger partial charge in [0.25, 0.3) is 0 Å². The Morgan fingerprint density at radius 1 is 0.913 bits per heavy atom. The fourth-order valence-corrected chi connectivity index (χ4v) is 2.96. The lowest BCUT2D eigenvalue weighted by molar-refractivity contribution is -0.139. The number of allylic oxidation sites excluding steroid dienone is 1. The first kappa shape index (κ1) is 22.2. The van der Waals surface area contributed by atoms with E-state index >= 15 is 0 Å². The lowest BCUT2D eigenvalue weighted by Gasteiger charge is -2.14. The Morgan fingerprint density at radius 3 is 1.96 bits per heavy atom. The molecule has 0 aromatic carbocycles. The maximum Gasteiger partial charge on any atom is 0.309 e. The van der Waals surface area contributed by atoms with Crippen LogP contribution in [0.5, 0.6) is 0 Å². The summed E-state index contributed by atoms with van der Waals surface area (Å²) in [5.41, 5.74) is 1.13. The number of methoxy groups -OCH3 is 1. The van der Waals surface area contributed by atoms with Crippen LogP contribution in [0, 0.1) is 17.8 Å². The van der Waals surface area contributed by atoms with Gasteiger partial charge in [0.15, 0.2) is 0 Å². The van der Waals surface area contributed by atoms with E-state index in [2.05, 4.69) is 38.5 Å². The van der Waals surface area contributed by atoms with E-state index in [-0.39, 0.29) is 5.97 Å². The third-order valence-corrected chi connectivity index (χ3v) is 4.68. The Kier molecular flexibility index (Phi) is 13.2. The van der Waals surface area contributed by atoms with Crippen molar-refractivity contribution in [1.29, 1.82) is 0 Å². The number of hydrogen-bond donors (Lipinski definition) is 0. The molecule has 0 bridgehead atoms. The van der Waals surface area contributed by atoms with Crippen LogP contribution in [0.2, 0.25) is 0 Å². The molecule has 0 fully saturated rings. The van der Waals surface area contributed by atoms with Gasteiger partial charge in [-0.05, 0) is 37.5 Å². The fraction of sp³-hybridized carbons (Fsp3) is 0.857. The molecule has 0 saturated carbocycles. The third-order valence-electron chi connectivity index (χ3n) is 4.68. The van der Waals surface area contributed by atoms with E-state index in [1.165, 1.54) is 52.1 Å². The van der Waals surface area contributed by atoms with E-state index in [0.717, 1.165) is 29.7 Å². The number of carbonyl (C=O) groups is 1.